The molecule has 1 aromatic heterocycles. The summed E-state index contributed by atoms with van der Waals surface area (Å²) in [5.41, 5.74) is 0.766. The third kappa shape index (κ3) is 3.54. The number of nitrogens with one attached hydrogen (secondary N) is 1. The number of thiophene rings is 1. The quantitative estimate of drug-likeness (QED) is 0.879. The third-order valence-corrected chi connectivity index (χ3v) is 6.35. The zero-order chi connectivity index (χ0) is 16.8. The van der Waals surface area contributed by atoms with E-state index < -0.39 is 10.0 Å². The number of fused-ring (bicyclic) bond motifs is 1. The number of halogens is 1. The van der Waals surface area contributed by atoms with Crippen LogP contribution in [0.2, 0.25) is 0 Å². The molecular formula is C15H17FN2O3S2. The molecule has 1 aliphatic carbocycles. The van der Waals surface area contributed by atoms with Crippen LogP contribution in [0.5, 0.6) is 0 Å². The van der Waals surface area contributed by atoms with Gasteiger partial charge in [0.1, 0.15) is 5.82 Å². The second-order valence-corrected chi connectivity index (χ2v) is 8.75. The minimum atomic E-state index is -3.46. The van der Waals surface area contributed by atoms with Crippen molar-refractivity contribution in [2.45, 2.75) is 25.8 Å². The molecule has 1 amide bonds. The van der Waals surface area contributed by atoms with Gasteiger partial charge >= 0.3 is 0 Å². The lowest BCUT2D eigenvalue weighted by Gasteiger charge is -2.35. The van der Waals surface area contributed by atoms with Gasteiger partial charge in [0.15, 0.2) is 0 Å². The molecule has 1 aromatic carbocycles. The highest BCUT2D eigenvalue weighted by molar-refractivity contribution is 7.89. The summed E-state index contributed by atoms with van der Waals surface area (Å²) in [6, 6.07) is 4.45. The second-order valence-electron chi connectivity index (χ2n) is 6.03. The van der Waals surface area contributed by atoms with Crippen molar-refractivity contribution in [1.29, 1.82) is 0 Å². The first kappa shape index (κ1) is 16.4. The standard InChI is InChI=1S/C15H17FN2O3S2/c1-8-12-6-10(16)2-3-13(12)22-14(8)15(19)18-11-4-9(5-11)7-23(17,20)21/h2-3,6,9,11H,4-5,7H2,1H3,(H,18,19)(H2,17,20,21). The summed E-state index contributed by atoms with van der Waals surface area (Å²) < 4.78 is 36.2. The first-order valence-electron chi connectivity index (χ1n) is 7.23. The van der Waals surface area contributed by atoms with Gasteiger partial charge in [-0.05, 0) is 54.8 Å². The van der Waals surface area contributed by atoms with Gasteiger partial charge in [-0.15, -0.1) is 11.3 Å². The first-order chi connectivity index (χ1) is 10.7. The predicted molar refractivity (Wildman–Crippen MR) is 88.5 cm³/mol. The molecule has 3 rings (SSSR count). The summed E-state index contributed by atoms with van der Waals surface area (Å²) in [6.45, 7) is 1.80. The number of rotatable bonds is 4. The molecular weight excluding hydrogens is 339 g/mol. The van der Waals surface area contributed by atoms with Gasteiger partial charge in [-0.3, -0.25) is 4.79 Å². The van der Waals surface area contributed by atoms with Gasteiger partial charge in [0.2, 0.25) is 10.0 Å². The summed E-state index contributed by atoms with van der Waals surface area (Å²) in [7, 11) is -3.46. The summed E-state index contributed by atoms with van der Waals surface area (Å²) >= 11 is 1.33. The SMILES string of the molecule is Cc1c(C(=O)NC2CC(CS(N)(=O)=O)C2)sc2ccc(F)cc12. The summed E-state index contributed by atoms with van der Waals surface area (Å²) in [5.74, 6) is -0.549. The van der Waals surface area contributed by atoms with Crippen LogP contribution in [-0.2, 0) is 10.0 Å². The Hall–Kier alpha value is -1.51. The molecule has 23 heavy (non-hydrogen) atoms. The Morgan fingerprint density at radius 3 is 2.78 bits per heavy atom. The molecule has 5 nitrogen and oxygen atoms in total. The molecule has 0 spiro atoms. The number of aryl methyl sites for hydroxylation is 1. The summed E-state index contributed by atoms with van der Waals surface area (Å²) in [5, 5.41) is 8.67. The zero-order valence-corrected chi connectivity index (χ0v) is 14.1. The Balaban J connectivity index is 1.67. The van der Waals surface area contributed by atoms with Crippen molar-refractivity contribution in [1.82, 2.24) is 5.32 Å². The molecule has 0 unspecified atom stereocenters. The van der Waals surface area contributed by atoms with Crippen molar-refractivity contribution in [2.75, 3.05) is 5.75 Å². The van der Waals surface area contributed by atoms with Crippen molar-refractivity contribution in [3.05, 3.63) is 34.5 Å². The maximum Gasteiger partial charge on any atom is 0.261 e. The monoisotopic (exact) mass is 356 g/mol. The Morgan fingerprint density at radius 2 is 2.13 bits per heavy atom. The molecule has 124 valence electrons. The number of primary sulfonamides is 1. The van der Waals surface area contributed by atoms with E-state index in [0.717, 1.165) is 15.6 Å². The number of hydrogen-bond donors (Lipinski definition) is 2. The average molecular weight is 356 g/mol. The van der Waals surface area contributed by atoms with Crippen LogP contribution >= 0.6 is 11.3 Å². The van der Waals surface area contributed by atoms with Crippen LogP contribution in [0.3, 0.4) is 0 Å². The molecule has 0 atom stereocenters. The van der Waals surface area contributed by atoms with Crippen LogP contribution in [0.15, 0.2) is 18.2 Å². The van der Waals surface area contributed by atoms with E-state index in [0.29, 0.717) is 17.7 Å². The summed E-state index contributed by atoms with van der Waals surface area (Å²) in [4.78, 5) is 12.9. The van der Waals surface area contributed by atoms with Gasteiger partial charge in [0, 0.05) is 10.7 Å². The lowest BCUT2D eigenvalue weighted by Crippen LogP contribution is -2.46. The van der Waals surface area contributed by atoms with E-state index in [9.17, 15) is 17.6 Å². The highest BCUT2D eigenvalue weighted by atomic mass is 32.2. The minimum Gasteiger partial charge on any atom is -0.349 e. The molecule has 0 aliphatic heterocycles. The maximum absolute atomic E-state index is 13.3. The van der Waals surface area contributed by atoms with Crippen molar-refractivity contribution in [3.63, 3.8) is 0 Å². The van der Waals surface area contributed by atoms with E-state index in [-0.39, 0.29) is 29.4 Å². The normalized spacial score (nSPS) is 21.2. The highest BCUT2D eigenvalue weighted by Gasteiger charge is 2.33. The Morgan fingerprint density at radius 1 is 1.43 bits per heavy atom. The van der Waals surface area contributed by atoms with Crippen LogP contribution in [0, 0.1) is 18.7 Å². The van der Waals surface area contributed by atoms with Gasteiger partial charge in [-0.1, -0.05) is 0 Å². The molecule has 3 N–H and O–H groups in total. The second kappa shape index (κ2) is 5.85. The molecule has 1 heterocycles. The number of sulfonamides is 1. The number of hydrogen-bond acceptors (Lipinski definition) is 4. The minimum absolute atomic E-state index is 0.00732. The van der Waals surface area contributed by atoms with Crippen LogP contribution in [0.4, 0.5) is 4.39 Å². The molecule has 0 radical (unpaired) electrons. The van der Waals surface area contributed by atoms with E-state index in [1.165, 1.54) is 23.5 Å². The van der Waals surface area contributed by atoms with E-state index >= 15 is 0 Å². The van der Waals surface area contributed by atoms with Gasteiger partial charge in [0.05, 0.1) is 10.6 Å². The fourth-order valence-electron chi connectivity index (χ4n) is 2.98. The third-order valence-electron chi connectivity index (χ3n) is 4.14. The fourth-order valence-corrected chi connectivity index (χ4v) is 5.00. The molecule has 1 saturated carbocycles. The lowest BCUT2D eigenvalue weighted by atomic mass is 9.81. The Labute approximate surface area is 137 Å². The average Bonchev–Trinajstić information content (AvgIpc) is 2.72. The number of amides is 1. The topological polar surface area (TPSA) is 89.3 Å². The van der Waals surface area contributed by atoms with Gasteiger partial charge < -0.3 is 5.32 Å². The van der Waals surface area contributed by atoms with Crippen molar-refractivity contribution >= 4 is 37.4 Å². The lowest BCUT2D eigenvalue weighted by molar-refractivity contribution is 0.0901. The van der Waals surface area contributed by atoms with Crippen molar-refractivity contribution in [2.24, 2.45) is 11.1 Å². The fraction of sp³-hybridized carbons (Fsp3) is 0.400. The number of nitrogens with two attached hydrogens (primary N) is 1. The van der Waals surface area contributed by atoms with Gasteiger partial charge in [-0.25, -0.2) is 17.9 Å². The van der Waals surface area contributed by atoms with Crippen LogP contribution in [0.25, 0.3) is 10.1 Å². The van der Waals surface area contributed by atoms with Crippen molar-refractivity contribution in [3.8, 4) is 0 Å². The predicted octanol–water partition coefficient (Wildman–Crippen LogP) is 2.15. The molecule has 1 aliphatic rings. The number of carbonyl (C=O) groups is 1. The highest BCUT2D eigenvalue weighted by Crippen LogP contribution is 2.33. The first-order valence-corrected chi connectivity index (χ1v) is 9.76. The maximum atomic E-state index is 13.3. The smallest absolute Gasteiger partial charge is 0.261 e. The van der Waals surface area contributed by atoms with Gasteiger partial charge in [0.25, 0.3) is 5.91 Å². The van der Waals surface area contributed by atoms with E-state index in [2.05, 4.69) is 5.32 Å². The van der Waals surface area contributed by atoms with Gasteiger partial charge in [-0.2, -0.15) is 0 Å². The Kier molecular flexibility index (Phi) is 4.16. The molecule has 0 saturated heterocycles. The van der Waals surface area contributed by atoms with Crippen LogP contribution < -0.4 is 10.5 Å². The largest absolute Gasteiger partial charge is 0.349 e. The summed E-state index contributed by atoms with van der Waals surface area (Å²) in [6.07, 6.45) is 1.22. The molecule has 8 heteroatoms. The van der Waals surface area contributed by atoms with Crippen molar-refractivity contribution < 1.29 is 17.6 Å². The van der Waals surface area contributed by atoms with Crippen LogP contribution in [-0.4, -0.2) is 26.1 Å². The zero-order valence-electron chi connectivity index (χ0n) is 12.5. The Bertz CT molecular complexity index is 870. The van der Waals surface area contributed by atoms with E-state index in [4.69, 9.17) is 5.14 Å². The van der Waals surface area contributed by atoms with Crippen LogP contribution in [0.1, 0.15) is 28.1 Å². The number of carbonyl (C=O) groups excluding carboxylic acids is 1. The molecule has 0 bridgehead atoms. The van der Waals surface area contributed by atoms with E-state index in [1.807, 2.05) is 0 Å². The van der Waals surface area contributed by atoms with E-state index in [1.54, 1.807) is 13.0 Å². The number of benzene rings is 1. The molecule has 1 fully saturated rings. The molecule has 2 aromatic rings.